The molecule has 0 aromatic rings. The summed E-state index contributed by atoms with van der Waals surface area (Å²) in [6, 6.07) is 0. The van der Waals surface area contributed by atoms with E-state index >= 15 is 0 Å². The van der Waals surface area contributed by atoms with Crippen LogP contribution in [0, 0.1) is 0 Å². The summed E-state index contributed by atoms with van der Waals surface area (Å²) in [6.07, 6.45) is -0.825. The van der Waals surface area contributed by atoms with E-state index in [4.69, 9.17) is 9.79 Å². The summed E-state index contributed by atoms with van der Waals surface area (Å²) in [5.74, 6) is -1.92. The van der Waals surface area contributed by atoms with Crippen LogP contribution in [0.1, 0.15) is 13.8 Å². The fraction of sp³-hybridized carbons (Fsp3) is 1.00. The Kier molecular flexibility index (Phi) is 6.21. The lowest BCUT2D eigenvalue weighted by molar-refractivity contribution is 0.179. The van der Waals surface area contributed by atoms with E-state index in [0.29, 0.717) is 0 Å². The molecule has 0 aliphatic heterocycles. The molecule has 0 aliphatic carbocycles. The van der Waals surface area contributed by atoms with Crippen molar-refractivity contribution in [1.29, 1.82) is 0 Å². The van der Waals surface area contributed by atoms with Gasteiger partial charge in [-0.2, -0.15) is 0 Å². The minimum Gasteiger partial charge on any atom is -0.380 e. The minimum atomic E-state index is -4.26. The molecule has 9 heteroatoms. The molecule has 0 rings (SSSR count). The zero-order valence-electron chi connectivity index (χ0n) is 8.57. The van der Waals surface area contributed by atoms with Gasteiger partial charge in [-0.25, -0.2) is 0 Å². The first-order valence-electron chi connectivity index (χ1n) is 4.36. The molecule has 0 aromatic carbocycles. The van der Waals surface area contributed by atoms with Crippen molar-refractivity contribution in [3.05, 3.63) is 0 Å². The van der Waals surface area contributed by atoms with E-state index < -0.39 is 27.2 Å². The van der Waals surface area contributed by atoms with E-state index in [9.17, 15) is 14.2 Å². The predicted molar refractivity (Wildman–Crippen MR) is 53.8 cm³/mol. The highest BCUT2D eigenvalue weighted by molar-refractivity contribution is 7.57. The molecule has 0 saturated carbocycles. The van der Waals surface area contributed by atoms with Crippen molar-refractivity contribution in [2.24, 2.45) is 0 Å². The quantitative estimate of drug-likeness (QED) is 0.580. The second-order valence-electron chi connectivity index (χ2n) is 2.70. The number of aliphatic hydroxyl groups excluding tert-OH is 1. The van der Waals surface area contributed by atoms with Gasteiger partial charge in [0.15, 0.2) is 5.85 Å². The zero-order valence-corrected chi connectivity index (χ0v) is 10.4. The highest BCUT2D eigenvalue weighted by Crippen LogP contribution is 2.53. The van der Waals surface area contributed by atoms with E-state index in [1.807, 2.05) is 0 Å². The minimum absolute atomic E-state index is 0.0230. The first-order chi connectivity index (χ1) is 6.75. The van der Waals surface area contributed by atoms with Gasteiger partial charge >= 0.3 is 15.2 Å². The fourth-order valence-corrected chi connectivity index (χ4v) is 3.74. The van der Waals surface area contributed by atoms with Crippen molar-refractivity contribution in [2.45, 2.75) is 19.7 Å². The summed E-state index contributed by atoms with van der Waals surface area (Å²) in [5, 5.41) is 9.22. The monoisotopic (exact) mass is 262 g/mol. The molecule has 3 unspecified atom stereocenters. The SMILES string of the molecule is CCOP(=O)(O)CC(O)P(=O)(O)OCC. The molecule has 0 aromatic heterocycles. The van der Waals surface area contributed by atoms with Gasteiger partial charge in [-0.3, -0.25) is 9.13 Å². The van der Waals surface area contributed by atoms with E-state index in [2.05, 4.69) is 9.05 Å². The standard InChI is InChI=1S/C6H16O7P2/c1-3-12-14(8,9)5-6(7)15(10,11)13-4-2/h6-7H,3-5H2,1-2H3,(H,8,9)(H,10,11). The molecule has 0 heterocycles. The van der Waals surface area contributed by atoms with Crippen LogP contribution in [0.25, 0.3) is 0 Å². The summed E-state index contributed by atoms with van der Waals surface area (Å²) in [7, 11) is -8.29. The third-order valence-corrected chi connectivity index (χ3v) is 4.74. The van der Waals surface area contributed by atoms with Gasteiger partial charge in [0.2, 0.25) is 0 Å². The topological polar surface area (TPSA) is 113 Å². The van der Waals surface area contributed by atoms with Crippen LogP contribution in [0.3, 0.4) is 0 Å². The van der Waals surface area contributed by atoms with E-state index in [-0.39, 0.29) is 13.2 Å². The van der Waals surface area contributed by atoms with Gasteiger partial charge in [0.1, 0.15) is 0 Å². The van der Waals surface area contributed by atoms with Gasteiger partial charge < -0.3 is 23.9 Å². The maximum Gasteiger partial charge on any atom is 0.356 e. The molecule has 3 atom stereocenters. The van der Waals surface area contributed by atoms with Crippen LogP contribution in [-0.2, 0) is 18.2 Å². The molecule has 92 valence electrons. The number of rotatable bonds is 7. The lowest BCUT2D eigenvalue weighted by atomic mass is 10.9. The molecule has 0 saturated heterocycles. The molecule has 0 amide bonds. The van der Waals surface area contributed by atoms with Crippen molar-refractivity contribution in [3.63, 3.8) is 0 Å². The Morgan fingerprint density at radius 1 is 1.13 bits per heavy atom. The summed E-state index contributed by atoms with van der Waals surface area (Å²) < 4.78 is 31.2. The molecule has 0 aliphatic rings. The maximum atomic E-state index is 11.2. The Bertz CT molecular complexity index is 279. The lowest BCUT2D eigenvalue weighted by Crippen LogP contribution is -2.16. The molecule has 3 N–H and O–H groups in total. The van der Waals surface area contributed by atoms with E-state index in [0.717, 1.165) is 0 Å². The number of hydrogen-bond acceptors (Lipinski definition) is 5. The van der Waals surface area contributed by atoms with Gasteiger partial charge in [0.05, 0.1) is 19.4 Å². The predicted octanol–water partition coefficient (Wildman–Crippen LogP) is 0.749. The number of hydrogen-bond donors (Lipinski definition) is 3. The van der Waals surface area contributed by atoms with E-state index in [1.54, 1.807) is 0 Å². The van der Waals surface area contributed by atoms with Gasteiger partial charge in [-0.05, 0) is 13.8 Å². The average Bonchev–Trinajstić information content (AvgIpc) is 2.02. The molecule has 15 heavy (non-hydrogen) atoms. The largest absolute Gasteiger partial charge is 0.380 e. The van der Waals surface area contributed by atoms with Crippen molar-refractivity contribution in [1.82, 2.24) is 0 Å². The average molecular weight is 262 g/mol. The summed E-state index contributed by atoms with van der Waals surface area (Å²) in [4.78, 5) is 18.2. The van der Waals surface area contributed by atoms with Gasteiger partial charge in [-0.1, -0.05) is 0 Å². The Morgan fingerprint density at radius 2 is 1.60 bits per heavy atom. The van der Waals surface area contributed by atoms with Crippen LogP contribution in [0.4, 0.5) is 0 Å². The highest BCUT2D eigenvalue weighted by atomic mass is 31.2. The normalized spacial score (nSPS) is 21.7. The fourth-order valence-electron chi connectivity index (χ4n) is 0.835. The molecule has 7 nitrogen and oxygen atoms in total. The number of aliphatic hydroxyl groups is 1. The zero-order chi connectivity index (χ0) is 12.1. The van der Waals surface area contributed by atoms with Crippen molar-refractivity contribution >= 4 is 15.2 Å². The molecular formula is C6H16O7P2. The van der Waals surface area contributed by atoms with Crippen molar-refractivity contribution in [3.8, 4) is 0 Å². The molecule has 0 bridgehead atoms. The Hall–Kier alpha value is 0.260. The van der Waals surface area contributed by atoms with Crippen LogP contribution >= 0.6 is 15.2 Å². The van der Waals surface area contributed by atoms with Gasteiger partial charge in [0.25, 0.3) is 0 Å². The first-order valence-corrected chi connectivity index (χ1v) is 7.77. The Morgan fingerprint density at radius 3 is 2.00 bits per heavy atom. The second-order valence-corrected chi connectivity index (χ2v) is 6.58. The van der Waals surface area contributed by atoms with Crippen molar-refractivity contribution in [2.75, 3.05) is 19.4 Å². The highest BCUT2D eigenvalue weighted by Gasteiger charge is 2.36. The van der Waals surface area contributed by atoms with Crippen molar-refractivity contribution < 1.29 is 33.1 Å². The van der Waals surface area contributed by atoms with Crippen LogP contribution in [0.15, 0.2) is 0 Å². The third-order valence-electron chi connectivity index (χ3n) is 1.42. The smallest absolute Gasteiger partial charge is 0.356 e. The first kappa shape index (κ1) is 15.3. The lowest BCUT2D eigenvalue weighted by Gasteiger charge is -2.19. The Labute approximate surface area is 88.1 Å². The summed E-state index contributed by atoms with van der Waals surface area (Å²) in [6.45, 7) is 2.87. The third kappa shape index (κ3) is 5.78. The maximum absolute atomic E-state index is 11.2. The molecule has 0 fully saturated rings. The van der Waals surface area contributed by atoms with Crippen LogP contribution in [0.5, 0.6) is 0 Å². The van der Waals surface area contributed by atoms with Crippen LogP contribution < -0.4 is 0 Å². The Balaban J connectivity index is 4.41. The molecule has 0 radical (unpaired) electrons. The second kappa shape index (κ2) is 6.11. The summed E-state index contributed by atoms with van der Waals surface area (Å²) in [5.41, 5.74) is 0. The summed E-state index contributed by atoms with van der Waals surface area (Å²) >= 11 is 0. The van der Waals surface area contributed by atoms with Crippen LogP contribution in [0.2, 0.25) is 0 Å². The van der Waals surface area contributed by atoms with Crippen LogP contribution in [-0.4, -0.2) is 40.1 Å². The van der Waals surface area contributed by atoms with Gasteiger partial charge in [-0.15, -0.1) is 0 Å². The molecular weight excluding hydrogens is 246 g/mol. The molecule has 0 spiro atoms. The van der Waals surface area contributed by atoms with E-state index in [1.165, 1.54) is 13.8 Å². The van der Waals surface area contributed by atoms with Gasteiger partial charge in [0, 0.05) is 0 Å².